The van der Waals surface area contributed by atoms with Crippen molar-refractivity contribution in [3.8, 4) is 0 Å². The fraction of sp³-hybridized carbons (Fsp3) is 0.750. The molecule has 1 N–H and O–H groups in total. The lowest BCUT2D eigenvalue weighted by molar-refractivity contribution is -0.137. The third-order valence-electron chi connectivity index (χ3n) is 5.65. The molecule has 2 aliphatic rings. The molecule has 0 spiro atoms. The van der Waals surface area contributed by atoms with E-state index in [4.69, 9.17) is 5.11 Å². The largest absolute Gasteiger partial charge is 0.481 e. The first-order valence-corrected chi connectivity index (χ1v) is 9.24. The van der Waals surface area contributed by atoms with E-state index in [9.17, 15) is 4.79 Å². The van der Waals surface area contributed by atoms with Gasteiger partial charge in [-0.25, -0.2) is 0 Å². The van der Waals surface area contributed by atoms with Crippen molar-refractivity contribution in [1.29, 1.82) is 0 Å². The summed E-state index contributed by atoms with van der Waals surface area (Å²) in [5.74, 6) is 2.92. The molecule has 0 radical (unpaired) electrons. The van der Waals surface area contributed by atoms with Crippen LogP contribution >= 0.6 is 0 Å². The van der Waals surface area contributed by atoms with Gasteiger partial charge in [0.05, 0.1) is 0 Å². The highest BCUT2D eigenvalue weighted by molar-refractivity contribution is 5.66. The van der Waals surface area contributed by atoms with E-state index in [1.54, 1.807) is 0 Å². The number of aliphatic carboxylic acids is 1. The van der Waals surface area contributed by atoms with Crippen LogP contribution in [0, 0.1) is 23.7 Å². The molecule has 2 aliphatic carbocycles. The number of carboxylic acid groups (broad SMARTS) is 1. The lowest BCUT2D eigenvalue weighted by atomic mass is 9.78. The van der Waals surface area contributed by atoms with Gasteiger partial charge in [-0.1, -0.05) is 50.5 Å². The summed E-state index contributed by atoms with van der Waals surface area (Å²) in [6, 6.07) is 0. The quantitative estimate of drug-likeness (QED) is 0.445. The lowest BCUT2D eigenvalue weighted by Gasteiger charge is -2.27. The Bertz CT molecular complexity index is 397. The van der Waals surface area contributed by atoms with Gasteiger partial charge in [0, 0.05) is 6.42 Å². The maximum Gasteiger partial charge on any atom is 0.303 e. The fourth-order valence-corrected chi connectivity index (χ4v) is 4.51. The Kier molecular flexibility index (Phi) is 7.21. The Morgan fingerprint density at radius 3 is 2.82 bits per heavy atom. The van der Waals surface area contributed by atoms with Crippen molar-refractivity contribution < 1.29 is 9.90 Å². The van der Waals surface area contributed by atoms with Crippen molar-refractivity contribution in [2.75, 3.05) is 0 Å². The number of hydrogen-bond donors (Lipinski definition) is 1. The number of unbranched alkanes of at least 4 members (excludes halogenated alkanes) is 2. The van der Waals surface area contributed by atoms with Crippen LogP contribution < -0.4 is 0 Å². The van der Waals surface area contributed by atoms with Crippen LogP contribution in [0.3, 0.4) is 0 Å². The van der Waals surface area contributed by atoms with Crippen LogP contribution in [0.4, 0.5) is 0 Å². The van der Waals surface area contributed by atoms with Gasteiger partial charge in [0.25, 0.3) is 0 Å². The molecular formula is C20H32O2. The van der Waals surface area contributed by atoms with Crippen molar-refractivity contribution in [3.05, 3.63) is 24.3 Å². The summed E-state index contributed by atoms with van der Waals surface area (Å²) >= 11 is 0. The van der Waals surface area contributed by atoms with Gasteiger partial charge in [-0.3, -0.25) is 4.79 Å². The molecule has 0 bridgehead atoms. The van der Waals surface area contributed by atoms with E-state index >= 15 is 0 Å². The minimum absolute atomic E-state index is 0.294. The number of rotatable bonds is 9. The number of carboxylic acids is 1. The molecule has 0 aromatic heterocycles. The number of hydrogen-bond acceptors (Lipinski definition) is 1. The monoisotopic (exact) mass is 304 g/mol. The molecule has 4 atom stereocenters. The van der Waals surface area contributed by atoms with Crippen LogP contribution in [0.5, 0.6) is 0 Å². The zero-order valence-corrected chi connectivity index (χ0v) is 14.0. The molecular weight excluding hydrogens is 272 g/mol. The van der Waals surface area contributed by atoms with E-state index < -0.39 is 5.97 Å². The zero-order chi connectivity index (χ0) is 15.8. The molecule has 2 nitrogen and oxygen atoms in total. The van der Waals surface area contributed by atoms with Crippen molar-refractivity contribution >= 4 is 5.97 Å². The molecule has 1 saturated carbocycles. The average Bonchev–Trinajstić information content (AvgIpc) is 2.86. The SMILES string of the molecule is CCCC[C@@H]1C[C@@H]2CC=CC[C@@H]2C1C/C=C/CCCC(=O)O. The van der Waals surface area contributed by atoms with E-state index in [2.05, 4.69) is 31.2 Å². The standard InChI is InChI=1S/C20H32O2/c1-2-3-10-16-15-17-11-8-9-13-19(17)18(16)12-6-4-5-7-14-20(21)22/h4,6,8-9,16-19H,2-3,5,7,10-15H2,1H3,(H,21,22)/b6-4+/t16-,17+,18?,19+/m1/s1. The average molecular weight is 304 g/mol. The van der Waals surface area contributed by atoms with E-state index in [0.29, 0.717) is 6.42 Å². The van der Waals surface area contributed by atoms with Crippen LogP contribution in [-0.2, 0) is 4.79 Å². The summed E-state index contributed by atoms with van der Waals surface area (Å²) < 4.78 is 0. The molecule has 0 aromatic carbocycles. The van der Waals surface area contributed by atoms with Crippen molar-refractivity contribution in [3.63, 3.8) is 0 Å². The predicted molar refractivity (Wildman–Crippen MR) is 91.7 cm³/mol. The molecule has 2 heteroatoms. The molecule has 22 heavy (non-hydrogen) atoms. The minimum atomic E-state index is -0.680. The van der Waals surface area contributed by atoms with Gasteiger partial charge in [0.1, 0.15) is 0 Å². The number of carbonyl (C=O) groups is 1. The summed E-state index contributed by atoms with van der Waals surface area (Å²) in [6.45, 7) is 2.29. The van der Waals surface area contributed by atoms with Gasteiger partial charge < -0.3 is 5.11 Å². The summed E-state index contributed by atoms with van der Waals surface area (Å²) in [4.78, 5) is 10.5. The molecule has 124 valence electrons. The van der Waals surface area contributed by atoms with Gasteiger partial charge in [-0.05, 0) is 62.2 Å². The lowest BCUT2D eigenvalue weighted by Crippen LogP contribution is -2.18. The highest BCUT2D eigenvalue weighted by Crippen LogP contribution is 2.50. The second-order valence-electron chi connectivity index (χ2n) is 7.16. The Labute approximate surface area is 135 Å². The van der Waals surface area contributed by atoms with Crippen molar-refractivity contribution in [1.82, 2.24) is 0 Å². The fourth-order valence-electron chi connectivity index (χ4n) is 4.51. The zero-order valence-electron chi connectivity index (χ0n) is 14.0. The first-order valence-electron chi connectivity index (χ1n) is 9.24. The third kappa shape index (κ3) is 5.00. The Morgan fingerprint density at radius 1 is 1.23 bits per heavy atom. The van der Waals surface area contributed by atoms with E-state index in [1.165, 1.54) is 44.9 Å². The molecule has 2 rings (SSSR count). The normalized spacial score (nSPS) is 30.8. The maximum atomic E-state index is 10.5. The van der Waals surface area contributed by atoms with Crippen LogP contribution in [0.2, 0.25) is 0 Å². The van der Waals surface area contributed by atoms with E-state index in [1.807, 2.05) is 0 Å². The third-order valence-corrected chi connectivity index (χ3v) is 5.65. The molecule has 0 aromatic rings. The summed E-state index contributed by atoms with van der Waals surface area (Å²) in [7, 11) is 0. The molecule has 1 fully saturated rings. The second kappa shape index (κ2) is 9.17. The van der Waals surface area contributed by atoms with Crippen LogP contribution in [-0.4, -0.2) is 11.1 Å². The van der Waals surface area contributed by atoms with Crippen LogP contribution in [0.25, 0.3) is 0 Å². The summed E-state index contributed by atoms with van der Waals surface area (Å²) in [5, 5.41) is 8.66. The van der Waals surface area contributed by atoms with Crippen molar-refractivity contribution in [2.45, 2.75) is 71.1 Å². The molecule has 1 unspecified atom stereocenters. The van der Waals surface area contributed by atoms with Gasteiger partial charge >= 0.3 is 5.97 Å². The van der Waals surface area contributed by atoms with Crippen LogP contribution in [0.15, 0.2) is 24.3 Å². The maximum absolute atomic E-state index is 10.5. The highest BCUT2D eigenvalue weighted by atomic mass is 16.4. The summed E-state index contributed by atoms with van der Waals surface area (Å²) in [5.41, 5.74) is 0. The molecule has 0 heterocycles. The Balaban J connectivity index is 1.82. The minimum Gasteiger partial charge on any atom is -0.481 e. The van der Waals surface area contributed by atoms with Gasteiger partial charge in [-0.2, -0.15) is 0 Å². The Hall–Kier alpha value is -1.05. The first kappa shape index (κ1) is 17.3. The van der Waals surface area contributed by atoms with Crippen molar-refractivity contribution in [2.24, 2.45) is 23.7 Å². The number of fused-ring (bicyclic) bond motifs is 1. The first-order chi connectivity index (χ1) is 10.7. The second-order valence-corrected chi connectivity index (χ2v) is 7.16. The van der Waals surface area contributed by atoms with Gasteiger partial charge in [-0.15, -0.1) is 0 Å². The van der Waals surface area contributed by atoms with Gasteiger partial charge in [0.15, 0.2) is 0 Å². The Morgan fingerprint density at radius 2 is 2.05 bits per heavy atom. The molecule has 0 aliphatic heterocycles. The van der Waals surface area contributed by atoms with Gasteiger partial charge in [0.2, 0.25) is 0 Å². The summed E-state index contributed by atoms with van der Waals surface area (Å²) in [6.07, 6.45) is 20.6. The highest BCUT2D eigenvalue weighted by Gasteiger charge is 2.41. The van der Waals surface area contributed by atoms with E-state index in [0.717, 1.165) is 36.5 Å². The smallest absolute Gasteiger partial charge is 0.303 e. The molecule has 0 saturated heterocycles. The predicted octanol–water partition coefficient (Wildman–Crippen LogP) is 5.60. The molecule has 0 amide bonds. The number of allylic oxidation sites excluding steroid dienone is 4. The van der Waals surface area contributed by atoms with E-state index in [-0.39, 0.29) is 0 Å². The van der Waals surface area contributed by atoms with Crippen LogP contribution in [0.1, 0.15) is 71.1 Å². The topological polar surface area (TPSA) is 37.3 Å².